The molecular formula is C63H57N. The second-order valence-electron chi connectivity index (χ2n) is 21.3. The summed E-state index contributed by atoms with van der Waals surface area (Å²) in [6.45, 7) is 19.5. The van der Waals surface area contributed by atoms with Crippen LogP contribution in [0.1, 0.15) is 124 Å². The monoisotopic (exact) mass is 827 g/mol. The van der Waals surface area contributed by atoms with Gasteiger partial charge < -0.3 is 4.90 Å². The highest BCUT2D eigenvalue weighted by atomic mass is 15.1. The van der Waals surface area contributed by atoms with Crippen LogP contribution in [0.25, 0.3) is 44.5 Å². The number of fused-ring (bicyclic) bond motifs is 14. The van der Waals surface area contributed by atoms with Crippen molar-refractivity contribution in [1.82, 2.24) is 0 Å². The molecule has 0 fully saturated rings. The van der Waals surface area contributed by atoms with Gasteiger partial charge in [-0.25, -0.2) is 0 Å². The molecule has 8 aromatic rings. The Balaban J connectivity index is 1.23. The van der Waals surface area contributed by atoms with E-state index in [9.17, 15) is 0 Å². The zero-order chi connectivity index (χ0) is 43.9. The predicted octanol–water partition coefficient (Wildman–Crippen LogP) is 16.9. The summed E-state index contributed by atoms with van der Waals surface area (Å²) in [5, 5.41) is 0. The molecule has 0 bridgehead atoms. The molecule has 4 aliphatic carbocycles. The highest BCUT2D eigenvalue weighted by molar-refractivity contribution is 6.01. The molecule has 0 atom stereocenters. The summed E-state index contributed by atoms with van der Waals surface area (Å²) in [5.41, 5.74) is 26.3. The Morgan fingerprint density at radius 2 is 0.844 bits per heavy atom. The van der Waals surface area contributed by atoms with E-state index in [1.807, 2.05) is 0 Å². The van der Waals surface area contributed by atoms with E-state index in [2.05, 4.69) is 230 Å². The highest BCUT2D eigenvalue weighted by Crippen LogP contribution is 2.65. The molecule has 0 amide bonds. The van der Waals surface area contributed by atoms with Gasteiger partial charge in [0.05, 0.1) is 11.1 Å². The van der Waals surface area contributed by atoms with Crippen molar-refractivity contribution in [1.29, 1.82) is 0 Å². The van der Waals surface area contributed by atoms with E-state index in [1.54, 1.807) is 0 Å². The Labute approximate surface area is 380 Å². The quantitative estimate of drug-likeness (QED) is 0.167. The lowest BCUT2D eigenvalue weighted by molar-refractivity contribution is 0.331. The van der Waals surface area contributed by atoms with Crippen molar-refractivity contribution in [3.05, 3.63) is 220 Å². The van der Waals surface area contributed by atoms with E-state index in [1.165, 1.54) is 119 Å². The van der Waals surface area contributed by atoms with Gasteiger partial charge in [0, 0.05) is 22.4 Å². The Kier molecular flexibility index (Phi) is 8.29. The molecule has 314 valence electrons. The number of para-hydroxylation sites is 1. The number of hydrogen-bond donors (Lipinski definition) is 0. The van der Waals surface area contributed by atoms with Gasteiger partial charge in [-0.05, 0) is 161 Å². The summed E-state index contributed by atoms with van der Waals surface area (Å²) in [6, 6.07) is 65.6. The minimum absolute atomic E-state index is 0.0552. The van der Waals surface area contributed by atoms with Crippen LogP contribution >= 0.6 is 0 Å². The third-order valence-corrected chi connectivity index (χ3v) is 16.1. The van der Waals surface area contributed by atoms with Crippen molar-refractivity contribution in [3.63, 3.8) is 0 Å². The number of rotatable bonds is 5. The highest BCUT2D eigenvalue weighted by Gasteiger charge is 2.52. The van der Waals surface area contributed by atoms with Gasteiger partial charge >= 0.3 is 0 Å². The molecule has 0 saturated heterocycles. The first-order valence-corrected chi connectivity index (χ1v) is 23.6. The van der Waals surface area contributed by atoms with Crippen LogP contribution in [0.2, 0.25) is 0 Å². The molecule has 64 heavy (non-hydrogen) atoms. The molecule has 0 saturated carbocycles. The predicted molar refractivity (Wildman–Crippen MR) is 270 cm³/mol. The largest absolute Gasteiger partial charge is 0.310 e. The first-order valence-electron chi connectivity index (χ1n) is 23.6. The van der Waals surface area contributed by atoms with Gasteiger partial charge in [-0.1, -0.05) is 183 Å². The van der Waals surface area contributed by atoms with Crippen LogP contribution in [0.4, 0.5) is 17.1 Å². The molecule has 1 spiro atoms. The molecule has 1 nitrogen and oxygen atoms in total. The van der Waals surface area contributed by atoms with Gasteiger partial charge in [0.15, 0.2) is 0 Å². The molecule has 0 radical (unpaired) electrons. The van der Waals surface area contributed by atoms with Crippen LogP contribution in [0.3, 0.4) is 0 Å². The van der Waals surface area contributed by atoms with Gasteiger partial charge in [-0.2, -0.15) is 0 Å². The summed E-state index contributed by atoms with van der Waals surface area (Å²) < 4.78 is 0. The number of nitrogens with zero attached hydrogens (tertiary/aromatic N) is 1. The lowest BCUT2D eigenvalue weighted by atomic mass is 9.62. The van der Waals surface area contributed by atoms with Crippen LogP contribution in [0.15, 0.2) is 170 Å². The minimum Gasteiger partial charge on any atom is -0.310 e. The lowest BCUT2D eigenvalue weighted by Crippen LogP contribution is -2.34. The number of anilines is 3. The smallest absolute Gasteiger partial charge is 0.0726 e. The second-order valence-corrected chi connectivity index (χ2v) is 21.3. The number of hydrogen-bond acceptors (Lipinski definition) is 1. The molecule has 0 N–H and O–H groups in total. The summed E-state index contributed by atoms with van der Waals surface area (Å²) in [4.78, 5) is 2.59. The number of benzene rings is 8. The summed E-state index contributed by atoms with van der Waals surface area (Å²) in [7, 11) is 0. The van der Waals surface area contributed by atoms with Gasteiger partial charge in [0.2, 0.25) is 0 Å². The molecule has 8 aromatic carbocycles. The molecule has 4 aliphatic rings. The summed E-state index contributed by atoms with van der Waals surface area (Å²) in [6.07, 6.45) is 2.36. The molecule has 0 aliphatic heterocycles. The Bertz CT molecular complexity index is 3180. The minimum atomic E-state index is -0.473. The van der Waals surface area contributed by atoms with Crippen LogP contribution < -0.4 is 4.90 Å². The fourth-order valence-electron chi connectivity index (χ4n) is 12.7. The Hall–Kier alpha value is -6.44. The van der Waals surface area contributed by atoms with E-state index in [0.29, 0.717) is 5.92 Å². The molecule has 0 unspecified atom stereocenters. The van der Waals surface area contributed by atoms with Crippen molar-refractivity contribution in [3.8, 4) is 44.5 Å². The van der Waals surface area contributed by atoms with E-state index >= 15 is 0 Å². The summed E-state index contributed by atoms with van der Waals surface area (Å²) in [5.74, 6) is 0.318. The van der Waals surface area contributed by atoms with Crippen LogP contribution in [0, 0.1) is 0 Å². The standard InChI is InChI=1S/C63H57N/c1-39(2)47-36-57-58(61(5,6)33-32-60(57,3)4)37-48(47)50-35-49-45-25-15-19-29-54(45)63(52-27-17-13-23-43(52)44-24-14-18-28-53(44)63)56(49)38-59(50)64(40-20-10-9-11-21-40)41-30-31-46-42-22-12-16-26-51(42)62(7,8)55(46)34-41/h9-31,34-39H,32-33H2,1-8H3. The van der Waals surface area contributed by atoms with E-state index in [-0.39, 0.29) is 16.2 Å². The van der Waals surface area contributed by atoms with Crippen LogP contribution in [0.5, 0.6) is 0 Å². The Morgan fingerprint density at radius 1 is 0.359 bits per heavy atom. The molecule has 0 heterocycles. The fraction of sp³-hybridized carbons (Fsp3) is 0.238. The normalized spacial score (nSPS) is 17.0. The van der Waals surface area contributed by atoms with E-state index in [4.69, 9.17) is 0 Å². The van der Waals surface area contributed by atoms with Gasteiger partial charge in [0.25, 0.3) is 0 Å². The first kappa shape index (κ1) is 39.2. The molecular weight excluding hydrogens is 771 g/mol. The third-order valence-electron chi connectivity index (χ3n) is 16.1. The van der Waals surface area contributed by atoms with E-state index < -0.39 is 5.41 Å². The molecule has 12 rings (SSSR count). The van der Waals surface area contributed by atoms with Crippen molar-refractivity contribution in [2.75, 3.05) is 4.90 Å². The van der Waals surface area contributed by atoms with Gasteiger partial charge in [-0.3, -0.25) is 0 Å². The fourth-order valence-corrected chi connectivity index (χ4v) is 12.7. The van der Waals surface area contributed by atoms with Crippen molar-refractivity contribution >= 4 is 17.1 Å². The van der Waals surface area contributed by atoms with E-state index in [0.717, 1.165) is 5.69 Å². The maximum atomic E-state index is 2.64. The molecule has 1 heteroatoms. The van der Waals surface area contributed by atoms with Gasteiger partial charge in [-0.15, -0.1) is 0 Å². The summed E-state index contributed by atoms with van der Waals surface area (Å²) >= 11 is 0. The van der Waals surface area contributed by atoms with Crippen molar-refractivity contribution in [2.45, 2.75) is 95.8 Å². The maximum absolute atomic E-state index is 2.64. The average Bonchev–Trinajstić information content (AvgIpc) is 3.86. The topological polar surface area (TPSA) is 3.24 Å². The first-order chi connectivity index (χ1) is 30.8. The van der Waals surface area contributed by atoms with Crippen molar-refractivity contribution < 1.29 is 0 Å². The van der Waals surface area contributed by atoms with Gasteiger partial charge in [0.1, 0.15) is 0 Å². The second kappa shape index (κ2) is 13.5. The molecule has 0 aromatic heterocycles. The SMILES string of the molecule is CC(C)c1cc2c(cc1-c1cc3c(cc1N(c1ccccc1)c1ccc4c(c1)C(C)(C)c1ccccc1-4)C1(c4ccccc4-c4ccccc41)c1ccccc1-3)C(C)(C)CCC2(C)C. The Morgan fingerprint density at radius 3 is 1.42 bits per heavy atom. The maximum Gasteiger partial charge on any atom is 0.0726 e. The third kappa shape index (κ3) is 5.25. The van der Waals surface area contributed by atoms with Crippen molar-refractivity contribution in [2.24, 2.45) is 0 Å². The lowest BCUT2D eigenvalue weighted by Gasteiger charge is -2.43. The zero-order valence-electron chi connectivity index (χ0n) is 38.6. The average molecular weight is 828 g/mol. The zero-order valence-corrected chi connectivity index (χ0v) is 38.6. The van der Waals surface area contributed by atoms with Crippen LogP contribution in [-0.4, -0.2) is 0 Å². The van der Waals surface area contributed by atoms with Crippen LogP contribution in [-0.2, 0) is 21.7 Å².